The Morgan fingerprint density at radius 3 is 1.88 bits per heavy atom. The fourth-order valence-corrected chi connectivity index (χ4v) is 1.85. The van der Waals surface area contributed by atoms with Crippen LogP contribution in [0.4, 0.5) is 0 Å². The fraction of sp³-hybridized carbons (Fsp3) is 0.714. The van der Waals surface area contributed by atoms with E-state index in [0.29, 0.717) is 0 Å². The minimum Gasteiger partial charge on any atom is -0.480 e. The van der Waals surface area contributed by atoms with Crippen LogP contribution in [0, 0.1) is 5.92 Å². The third-order valence-corrected chi connectivity index (χ3v) is 3.33. The Bertz CT molecular complexity index is 480. The molecule has 8 N–H and O–H groups in total. The molecule has 0 spiro atoms. The molecule has 10 heteroatoms. The van der Waals surface area contributed by atoms with Gasteiger partial charge in [0.25, 0.3) is 0 Å². The lowest BCUT2D eigenvalue weighted by Crippen LogP contribution is -2.58. The number of hydrogen-bond donors (Lipinski definition) is 6. The molecule has 0 aliphatic carbocycles. The predicted octanol–water partition coefficient (Wildman–Crippen LogP) is -2.33. The first-order valence-corrected chi connectivity index (χ1v) is 7.52. The molecule has 0 fully saturated rings. The van der Waals surface area contributed by atoms with Crippen LogP contribution in [0.1, 0.15) is 33.6 Å². The highest BCUT2D eigenvalue weighted by molar-refractivity contribution is 5.92. The summed E-state index contributed by atoms with van der Waals surface area (Å²) in [7, 11) is 0. The van der Waals surface area contributed by atoms with Crippen LogP contribution in [0.5, 0.6) is 0 Å². The maximum Gasteiger partial charge on any atom is 0.326 e. The Morgan fingerprint density at radius 2 is 1.50 bits per heavy atom. The number of rotatable bonds is 10. The van der Waals surface area contributed by atoms with E-state index < -0.39 is 53.8 Å². The molecule has 0 saturated heterocycles. The number of aliphatic carboxylic acids is 1. The van der Waals surface area contributed by atoms with Crippen molar-refractivity contribution in [3.63, 3.8) is 0 Å². The lowest BCUT2D eigenvalue weighted by molar-refractivity contribution is -0.144. The summed E-state index contributed by atoms with van der Waals surface area (Å²) in [5.41, 5.74) is 10.5. The van der Waals surface area contributed by atoms with Crippen molar-refractivity contribution in [3.8, 4) is 0 Å². The molecule has 0 aromatic heterocycles. The molecule has 0 radical (unpaired) electrons. The van der Waals surface area contributed by atoms with Crippen LogP contribution < -0.4 is 22.1 Å². The second-order valence-corrected chi connectivity index (χ2v) is 5.91. The Hall–Kier alpha value is -2.20. The van der Waals surface area contributed by atoms with Gasteiger partial charge in [-0.25, -0.2) is 4.79 Å². The molecule has 10 nitrogen and oxygen atoms in total. The molecule has 0 heterocycles. The van der Waals surface area contributed by atoms with Gasteiger partial charge in [0.2, 0.25) is 17.7 Å². The van der Waals surface area contributed by atoms with Crippen LogP contribution in [0.25, 0.3) is 0 Å². The van der Waals surface area contributed by atoms with Gasteiger partial charge in [0.1, 0.15) is 12.1 Å². The molecule has 138 valence electrons. The van der Waals surface area contributed by atoms with Crippen LogP contribution in [0.2, 0.25) is 0 Å². The van der Waals surface area contributed by atoms with Gasteiger partial charge in [0.05, 0.1) is 12.1 Å². The van der Waals surface area contributed by atoms with E-state index >= 15 is 0 Å². The normalized spacial score (nSPS) is 15.9. The molecular weight excluding hydrogens is 320 g/mol. The van der Waals surface area contributed by atoms with Gasteiger partial charge in [0, 0.05) is 6.42 Å². The molecule has 0 saturated carbocycles. The summed E-state index contributed by atoms with van der Waals surface area (Å²) in [6, 6.07) is -3.64. The average Bonchev–Trinajstić information content (AvgIpc) is 2.45. The van der Waals surface area contributed by atoms with E-state index in [9.17, 15) is 24.3 Å². The first-order chi connectivity index (χ1) is 11.0. The smallest absolute Gasteiger partial charge is 0.326 e. The van der Waals surface area contributed by atoms with E-state index in [1.807, 2.05) is 0 Å². The number of nitrogens with two attached hydrogens (primary N) is 2. The minimum absolute atomic E-state index is 0.0148. The van der Waals surface area contributed by atoms with Gasteiger partial charge in [-0.05, 0) is 19.3 Å². The molecular formula is C14H26N4O6. The highest BCUT2D eigenvalue weighted by Gasteiger charge is 2.32. The van der Waals surface area contributed by atoms with Gasteiger partial charge in [-0.15, -0.1) is 0 Å². The molecule has 0 rings (SSSR count). The summed E-state index contributed by atoms with van der Waals surface area (Å²) in [5.74, 6) is -3.85. The van der Waals surface area contributed by atoms with E-state index in [2.05, 4.69) is 10.6 Å². The van der Waals surface area contributed by atoms with Crippen molar-refractivity contribution >= 4 is 23.7 Å². The Balaban J connectivity index is 4.90. The molecule has 3 amide bonds. The van der Waals surface area contributed by atoms with Crippen molar-refractivity contribution in [2.75, 3.05) is 0 Å². The van der Waals surface area contributed by atoms with Gasteiger partial charge in [-0.2, -0.15) is 0 Å². The minimum atomic E-state index is -1.38. The number of nitrogens with one attached hydrogen (secondary N) is 2. The molecule has 24 heavy (non-hydrogen) atoms. The third-order valence-electron chi connectivity index (χ3n) is 3.33. The van der Waals surface area contributed by atoms with E-state index in [1.54, 1.807) is 13.8 Å². The van der Waals surface area contributed by atoms with Crippen LogP contribution in [0.3, 0.4) is 0 Å². The van der Waals surface area contributed by atoms with E-state index in [4.69, 9.17) is 16.6 Å². The number of aliphatic hydroxyl groups excluding tert-OH is 1. The maximum absolute atomic E-state index is 12.2. The summed E-state index contributed by atoms with van der Waals surface area (Å²) in [6.45, 7) is 4.48. The number of amides is 3. The van der Waals surface area contributed by atoms with Crippen LogP contribution >= 0.6 is 0 Å². The van der Waals surface area contributed by atoms with E-state index in [0.717, 1.165) is 0 Å². The quantitative estimate of drug-likeness (QED) is 0.256. The Morgan fingerprint density at radius 1 is 1.00 bits per heavy atom. The van der Waals surface area contributed by atoms with E-state index in [-0.39, 0.29) is 12.8 Å². The van der Waals surface area contributed by atoms with Crippen molar-refractivity contribution in [3.05, 3.63) is 0 Å². The van der Waals surface area contributed by atoms with Crippen molar-refractivity contribution < 1.29 is 29.4 Å². The Labute approximate surface area is 139 Å². The number of carboxylic acids is 1. The molecule has 0 bridgehead atoms. The molecule has 0 aromatic rings. The molecule has 0 aliphatic heterocycles. The number of carboxylic acid groups (broad SMARTS) is 1. The van der Waals surface area contributed by atoms with Crippen molar-refractivity contribution in [2.24, 2.45) is 17.4 Å². The summed E-state index contributed by atoms with van der Waals surface area (Å²) in [6.07, 6.45) is -1.40. The number of hydrogen-bond acceptors (Lipinski definition) is 6. The summed E-state index contributed by atoms with van der Waals surface area (Å²) in [5, 5.41) is 23.3. The van der Waals surface area contributed by atoms with Gasteiger partial charge < -0.3 is 32.3 Å². The van der Waals surface area contributed by atoms with Crippen LogP contribution in [-0.2, 0) is 19.2 Å². The zero-order valence-corrected chi connectivity index (χ0v) is 14.0. The molecule has 4 atom stereocenters. The number of carbonyl (C=O) groups excluding carboxylic acids is 3. The van der Waals surface area contributed by atoms with Crippen LogP contribution in [0.15, 0.2) is 0 Å². The monoisotopic (exact) mass is 346 g/mol. The topological polar surface area (TPSA) is 185 Å². The third kappa shape index (κ3) is 7.38. The SMILES string of the molecule is CC(C)C(NC(=O)C(NC(=O)C(N)CCC(N)=O)C(C)O)C(=O)O. The predicted molar refractivity (Wildman–Crippen MR) is 84.4 cm³/mol. The van der Waals surface area contributed by atoms with Crippen molar-refractivity contribution in [2.45, 2.75) is 57.8 Å². The first kappa shape index (κ1) is 21.8. The molecule has 0 aromatic carbocycles. The summed E-state index contributed by atoms with van der Waals surface area (Å²) >= 11 is 0. The average molecular weight is 346 g/mol. The highest BCUT2D eigenvalue weighted by Crippen LogP contribution is 2.04. The number of aliphatic hydroxyl groups is 1. The number of carbonyl (C=O) groups is 4. The first-order valence-electron chi connectivity index (χ1n) is 7.52. The molecule has 0 aliphatic rings. The zero-order chi connectivity index (χ0) is 19.0. The Kier molecular flexibility index (Phi) is 8.93. The fourth-order valence-electron chi connectivity index (χ4n) is 1.85. The van der Waals surface area contributed by atoms with Crippen molar-refractivity contribution in [1.82, 2.24) is 10.6 Å². The van der Waals surface area contributed by atoms with Crippen LogP contribution in [-0.4, -0.2) is 58.1 Å². The van der Waals surface area contributed by atoms with Gasteiger partial charge in [-0.1, -0.05) is 13.8 Å². The van der Waals surface area contributed by atoms with Gasteiger partial charge >= 0.3 is 5.97 Å². The van der Waals surface area contributed by atoms with Gasteiger partial charge in [-0.3, -0.25) is 14.4 Å². The zero-order valence-electron chi connectivity index (χ0n) is 14.0. The second-order valence-electron chi connectivity index (χ2n) is 5.91. The van der Waals surface area contributed by atoms with Crippen molar-refractivity contribution in [1.29, 1.82) is 0 Å². The summed E-state index contributed by atoms with van der Waals surface area (Å²) in [4.78, 5) is 45.9. The van der Waals surface area contributed by atoms with E-state index in [1.165, 1.54) is 6.92 Å². The lowest BCUT2D eigenvalue weighted by Gasteiger charge is -2.25. The summed E-state index contributed by atoms with van der Waals surface area (Å²) < 4.78 is 0. The highest BCUT2D eigenvalue weighted by atomic mass is 16.4. The number of primary amides is 1. The standard InChI is InChI=1S/C14H26N4O6/c1-6(2)10(14(23)24)17-13(22)11(7(3)19)18-12(21)8(15)4-5-9(16)20/h6-8,10-11,19H,4-5,15H2,1-3H3,(H2,16,20)(H,17,22)(H,18,21)(H,23,24). The maximum atomic E-state index is 12.2. The second kappa shape index (κ2) is 9.83. The molecule has 4 unspecified atom stereocenters. The van der Waals surface area contributed by atoms with Gasteiger partial charge in [0.15, 0.2) is 0 Å². The largest absolute Gasteiger partial charge is 0.480 e. The lowest BCUT2D eigenvalue weighted by atomic mass is 10.0.